The number of aromatic nitrogens is 2. The van der Waals surface area contributed by atoms with E-state index in [4.69, 9.17) is 4.74 Å². The van der Waals surface area contributed by atoms with E-state index in [1.807, 2.05) is 0 Å². The van der Waals surface area contributed by atoms with Crippen LogP contribution in [0.4, 0.5) is 8.78 Å². The van der Waals surface area contributed by atoms with E-state index in [1.54, 1.807) is 0 Å². The molecule has 2 heterocycles. The molecular weight excluding hydrogens is 244 g/mol. The summed E-state index contributed by atoms with van der Waals surface area (Å²) in [6.45, 7) is 0.884. The van der Waals surface area contributed by atoms with E-state index in [1.165, 1.54) is 0 Å². The highest BCUT2D eigenvalue weighted by molar-refractivity contribution is 5.20. The van der Waals surface area contributed by atoms with E-state index in [0.29, 0.717) is 30.8 Å². The van der Waals surface area contributed by atoms with Crippen molar-refractivity contribution in [2.24, 2.45) is 0 Å². The lowest BCUT2D eigenvalue weighted by atomic mass is 10.1. The summed E-state index contributed by atoms with van der Waals surface area (Å²) in [6, 6.07) is 0. The maximum Gasteiger partial charge on any atom is 0.261 e. The van der Waals surface area contributed by atoms with Gasteiger partial charge in [0.1, 0.15) is 12.4 Å². The molecule has 0 bridgehead atoms. The van der Waals surface area contributed by atoms with Crippen LogP contribution < -0.4 is 10.9 Å². The van der Waals surface area contributed by atoms with E-state index in [-0.39, 0.29) is 12.2 Å². The Morgan fingerprint density at radius 2 is 2.28 bits per heavy atom. The number of nitrogens with zero attached hydrogens (tertiary/aromatic N) is 1. The molecule has 2 N–H and O–H groups in total. The van der Waals surface area contributed by atoms with Crippen LogP contribution in [0, 0.1) is 0 Å². The first kappa shape index (κ1) is 13.1. The number of nitrogens with one attached hydrogen (secondary N) is 2. The van der Waals surface area contributed by atoms with Crippen molar-refractivity contribution in [3.05, 3.63) is 27.4 Å². The Hall–Kier alpha value is -1.34. The van der Waals surface area contributed by atoms with Gasteiger partial charge < -0.3 is 15.0 Å². The molecule has 18 heavy (non-hydrogen) atoms. The molecule has 0 radical (unpaired) electrons. The molecule has 0 saturated carbocycles. The molecule has 1 aliphatic heterocycles. The number of hydrogen-bond acceptors (Lipinski definition) is 4. The maximum atomic E-state index is 11.8. The molecule has 0 amide bonds. The van der Waals surface area contributed by atoms with Crippen molar-refractivity contribution in [3.8, 4) is 0 Å². The Bertz CT molecular complexity index is 462. The van der Waals surface area contributed by atoms with Gasteiger partial charge in [-0.2, -0.15) is 0 Å². The molecule has 0 aliphatic carbocycles. The summed E-state index contributed by atoms with van der Waals surface area (Å²) in [6.07, 6.45) is -1.47. The van der Waals surface area contributed by atoms with Crippen LogP contribution in [0.3, 0.4) is 0 Å². The second-order valence-corrected chi connectivity index (χ2v) is 4.08. The van der Waals surface area contributed by atoms with Crippen LogP contribution in [0.2, 0.25) is 0 Å². The first-order valence-electron chi connectivity index (χ1n) is 5.84. The molecule has 2 rings (SSSR count). The fraction of sp³-hybridized carbons (Fsp3) is 0.636. The zero-order valence-electron chi connectivity index (χ0n) is 9.84. The van der Waals surface area contributed by atoms with Crippen LogP contribution in [0.5, 0.6) is 0 Å². The second-order valence-electron chi connectivity index (χ2n) is 4.08. The summed E-state index contributed by atoms with van der Waals surface area (Å²) in [5, 5.41) is 3.13. The van der Waals surface area contributed by atoms with Gasteiger partial charge in [-0.1, -0.05) is 0 Å². The normalized spacial score (nSPS) is 14.8. The molecule has 0 spiro atoms. The second kappa shape index (κ2) is 6.01. The Kier molecular flexibility index (Phi) is 4.38. The molecule has 0 fully saturated rings. The number of fused-ring (bicyclic) bond motifs is 1. The number of alkyl halides is 2. The van der Waals surface area contributed by atoms with Crippen LogP contribution in [0.1, 0.15) is 17.1 Å². The average Bonchev–Trinajstić information content (AvgIpc) is 2.35. The van der Waals surface area contributed by atoms with Gasteiger partial charge in [0.15, 0.2) is 0 Å². The summed E-state index contributed by atoms with van der Waals surface area (Å²) in [5.41, 5.74) is 1.32. The number of ether oxygens (including phenoxy) is 1. The Balaban J connectivity index is 1.97. The highest BCUT2D eigenvalue weighted by Crippen LogP contribution is 2.06. The molecule has 0 saturated heterocycles. The Morgan fingerprint density at radius 1 is 1.44 bits per heavy atom. The van der Waals surface area contributed by atoms with Crippen LogP contribution in [-0.2, 0) is 24.1 Å². The molecule has 1 aromatic heterocycles. The number of rotatable bonds is 5. The predicted octanol–water partition coefficient (Wildman–Crippen LogP) is 0.240. The summed E-state index contributed by atoms with van der Waals surface area (Å²) >= 11 is 0. The lowest BCUT2D eigenvalue weighted by Crippen LogP contribution is -2.32. The fourth-order valence-electron chi connectivity index (χ4n) is 1.88. The Morgan fingerprint density at radius 3 is 3.06 bits per heavy atom. The van der Waals surface area contributed by atoms with Crippen molar-refractivity contribution in [2.75, 3.05) is 19.8 Å². The molecule has 0 unspecified atom stereocenters. The van der Waals surface area contributed by atoms with Crippen LogP contribution >= 0.6 is 0 Å². The monoisotopic (exact) mass is 259 g/mol. The zero-order valence-corrected chi connectivity index (χ0v) is 9.84. The topological polar surface area (TPSA) is 67.0 Å². The lowest BCUT2D eigenvalue weighted by Gasteiger charge is -2.15. The highest BCUT2D eigenvalue weighted by Gasteiger charge is 2.14. The summed E-state index contributed by atoms with van der Waals surface area (Å²) in [4.78, 5) is 18.7. The van der Waals surface area contributed by atoms with E-state index in [0.717, 1.165) is 12.2 Å². The van der Waals surface area contributed by atoms with E-state index < -0.39 is 13.0 Å². The zero-order chi connectivity index (χ0) is 13.0. The SMILES string of the molecule is O=c1[nH]c(CCOCC(F)F)nc2c1CCNC2. The van der Waals surface area contributed by atoms with Gasteiger partial charge in [-0.3, -0.25) is 4.79 Å². The third-order valence-corrected chi connectivity index (χ3v) is 2.72. The van der Waals surface area contributed by atoms with Crippen molar-refractivity contribution in [1.82, 2.24) is 15.3 Å². The third-order valence-electron chi connectivity index (χ3n) is 2.72. The highest BCUT2D eigenvalue weighted by atomic mass is 19.3. The van der Waals surface area contributed by atoms with Gasteiger partial charge in [0.25, 0.3) is 12.0 Å². The quantitative estimate of drug-likeness (QED) is 0.743. The standard InChI is InChI=1S/C11H15F2N3O2/c12-9(13)6-18-4-2-10-15-8-5-14-3-1-7(8)11(17)16-10/h9,14H,1-6H2,(H,15,16,17). The van der Waals surface area contributed by atoms with Crippen molar-refractivity contribution in [3.63, 3.8) is 0 Å². The minimum absolute atomic E-state index is 0.124. The fourth-order valence-corrected chi connectivity index (χ4v) is 1.88. The summed E-state index contributed by atoms with van der Waals surface area (Å²) in [5.74, 6) is 0.483. The van der Waals surface area contributed by atoms with Gasteiger partial charge in [-0.15, -0.1) is 0 Å². The van der Waals surface area contributed by atoms with Crippen molar-refractivity contribution in [1.29, 1.82) is 0 Å². The van der Waals surface area contributed by atoms with Crippen LogP contribution in [0.15, 0.2) is 4.79 Å². The smallest absolute Gasteiger partial charge is 0.261 e. The third kappa shape index (κ3) is 3.33. The van der Waals surface area contributed by atoms with Gasteiger partial charge in [0.05, 0.1) is 12.3 Å². The molecule has 100 valence electrons. The van der Waals surface area contributed by atoms with Gasteiger partial charge >= 0.3 is 0 Å². The minimum Gasteiger partial charge on any atom is -0.375 e. The molecule has 1 aliphatic rings. The number of halogens is 2. The van der Waals surface area contributed by atoms with Gasteiger partial charge in [0, 0.05) is 18.5 Å². The molecular formula is C11H15F2N3O2. The van der Waals surface area contributed by atoms with E-state index in [2.05, 4.69) is 15.3 Å². The molecule has 1 aromatic rings. The van der Waals surface area contributed by atoms with Crippen molar-refractivity contribution < 1.29 is 13.5 Å². The van der Waals surface area contributed by atoms with E-state index in [9.17, 15) is 13.6 Å². The Labute approximate surface area is 103 Å². The van der Waals surface area contributed by atoms with Crippen molar-refractivity contribution >= 4 is 0 Å². The van der Waals surface area contributed by atoms with Gasteiger partial charge in [-0.25, -0.2) is 13.8 Å². The molecule has 0 aromatic carbocycles. The molecule has 0 atom stereocenters. The predicted molar refractivity (Wildman–Crippen MR) is 60.8 cm³/mol. The van der Waals surface area contributed by atoms with Crippen LogP contribution in [0.25, 0.3) is 0 Å². The van der Waals surface area contributed by atoms with E-state index >= 15 is 0 Å². The maximum absolute atomic E-state index is 11.8. The number of hydrogen-bond donors (Lipinski definition) is 2. The van der Waals surface area contributed by atoms with Gasteiger partial charge in [0.2, 0.25) is 0 Å². The molecule has 7 heteroatoms. The largest absolute Gasteiger partial charge is 0.375 e. The van der Waals surface area contributed by atoms with Crippen LogP contribution in [-0.4, -0.2) is 36.2 Å². The summed E-state index contributed by atoms with van der Waals surface area (Å²) in [7, 11) is 0. The summed E-state index contributed by atoms with van der Waals surface area (Å²) < 4.78 is 28.4. The number of H-pyrrole nitrogens is 1. The average molecular weight is 259 g/mol. The number of aromatic amines is 1. The first-order valence-corrected chi connectivity index (χ1v) is 5.84. The van der Waals surface area contributed by atoms with Crippen molar-refractivity contribution in [2.45, 2.75) is 25.8 Å². The lowest BCUT2D eigenvalue weighted by molar-refractivity contribution is 0.0182. The molecule has 5 nitrogen and oxygen atoms in total. The van der Waals surface area contributed by atoms with Gasteiger partial charge in [-0.05, 0) is 13.0 Å². The minimum atomic E-state index is -2.47. The first-order chi connectivity index (χ1) is 8.66.